The zero-order chi connectivity index (χ0) is 15.6. The highest BCUT2D eigenvalue weighted by atomic mass is 16.5. The average Bonchev–Trinajstić information content (AvgIpc) is 2.58. The first kappa shape index (κ1) is 17.5. The van der Waals surface area contributed by atoms with Crippen LogP contribution in [0.2, 0.25) is 0 Å². The van der Waals surface area contributed by atoms with Crippen LogP contribution >= 0.6 is 0 Å². The van der Waals surface area contributed by atoms with Gasteiger partial charge in [-0.2, -0.15) is 0 Å². The maximum atomic E-state index is 5.16. The van der Waals surface area contributed by atoms with Gasteiger partial charge in [0, 0.05) is 33.3 Å². The largest absolute Gasteiger partial charge is 0.383 e. The zero-order valence-corrected chi connectivity index (χ0v) is 14.4. The van der Waals surface area contributed by atoms with E-state index in [1.54, 1.807) is 7.11 Å². The molecule has 2 fully saturated rings. The fourth-order valence-electron chi connectivity index (χ4n) is 3.51. The predicted molar refractivity (Wildman–Crippen MR) is 92.4 cm³/mol. The third-order valence-electron chi connectivity index (χ3n) is 5.05. The van der Waals surface area contributed by atoms with Gasteiger partial charge in [0.2, 0.25) is 0 Å². The van der Waals surface area contributed by atoms with Crippen molar-refractivity contribution in [2.45, 2.75) is 51.0 Å². The first-order chi connectivity index (χ1) is 10.8. The molecule has 0 amide bonds. The number of methoxy groups -OCH3 is 1. The number of nitrogens with one attached hydrogen (secondary N) is 2. The molecule has 1 heterocycles. The monoisotopic (exact) mass is 310 g/mol. The van der Waals surface area contributed by atoms with Crippen molar-refractivity contribution in [3.63, 3.8) is 0 Å². The number of hydrogen-bond acceptors (Lipinski definition) is 3. The van der Waals surface area contributed by atoms with E-state index in [1.807, 2.05) is 7.05 Å². The summed E-state index contributed by atoms with van der Waals surface area (Å²) in [5.41, 5.74) is 0. The van der Waals surface area contributed by atoms with Crippen LogP contribution < -0.4 is 10.6 Å². The molecule has 1 saturated heterocycles. The Morgan fingerprint density at radius 1 is 1.14 bits per heavy atom. The molecule has 0 unspecified atom stereocenters. The van der Waals surface area contributed by atoms with Crippen LogP contribution in [-0.4, -0.2) is 63.8 Å². The van der Waals surface area contributed by atoms with Gasteiger partial charge in [0.15, 0.2) is 5.96 Å². The smallest absolute Gasteiger partial charge is 0.191 e. The SMILES string of the molecule is CN=C(NCC1CCN(CCOC)CC1)NC1CCCCC1. The average molecular weight is 310 g/mol. The van der Waals surface area contributed by atoms with E-state index in [4.69, 9.17) is 4.74 Å². The van der Waals surface area contributed by atoms with Gasteiger partial charge in [-0.05, 0) is 44.7 Å². The highest BCUT2D eigenvalue weighted by molar-refractivity contribution is 5.79. The fourth-order valence-corrected chi connectivity index (χ4v) is 3.51. The molecule has 5 nitrogen and oxygen atoms in total. The first-order valence-corrected chi connectivity index (χ1v) is 9.00. The maximum Gasteiger partial charge on any atom is 0.191 e. The Morgan fingerprint density at radius 3 is 2.50 bits per heavy atom. The maximum absolute atomic E-state index is 5.16. The van der Waals surface area contributed by atoms with Crippen molar-refractivity contribution in [2.24, 2.45) is 10.9 Å². The molecular formula is C17H34N4O. The molecule has 0 atom stereocenters. The van der Waals surface area contributed by atoms with Gasteiger partial charge in [-0.1, -0.05) is 19.3 Å². The lowest BCUT2D eigenvalue weighted by Gasteiger charge is -2.32. The summed E-state index contributed by atoms with van der Waals surface area (Å²) in [5, 5.41) is 7.13. The van der Waals surface area contributed by atoms with Crippen LogP contribution in [0.4, 0.5) is 0 Å². The number of guanidine groups is 1. The Hall–Kier alpha value is -0.810. The summed E-state index contributed by atoms with van der Waals surface area (Å²) in [6.45, 7) is 5.36. The van der Waals surface area contributed by atoms with Crippen LogP contribution in [-0.2, 0) is 4.74 Å². The Balaban J connectivity index is 1.62. The van der Waals surface area contributed by atoms with Gasteiger partial charge in [-0.3, -0.25) is 4.99 Å². The van der Waals surface area contributed by atoms with E-state index in [1.165, 1.54) is 58.0 Å². The number of likely N-dealkylation sites (tertiary alicyclic amines) is 1. The Kier molecular flexibility index (Phi) is 8.02. The number of piperidine rings is 1. The third kappa shape index (κ3) is 6.13. The van der Waals surface area contributed by atoms with Crippen molar-refractivity contribution in [1.82, 2.24) is 15.5 Å². The molecule has 2 N–H and O–H groups in total. The fraction of sp³-hybridized carbons (Fsp3) is 0.941. The van der Waals surface area contributed by atoms with Gasteiger partial charge < -0.3 is 20.3 Å². The van der Waals surface area contributed by atoms with E-state index in [2.05, 4.69) is 20.5 Å². The van der Waals surface area contributed by atoms with Crippen LogP contribution in [0.5, 0.6) is 0 Å². The minimum atomic E-state index is 0.621. The highest BCUT2D eigenvalue weighted by Gasteiger charge is 2.20. The van der Waals surface area contributed by atoms with Crippen LogP contribution in [0.15, 0.2) is 4.99 Å². The van der Waals surface area contributed by atoms with Crippen molar-refractivity contribution in [3.8, 4) is 0 Å². The van der Waals surface area contributed by atoms with Gasteiger partial charge in [-0.15, -0.1) is 0 Å². The summed E-state index contributed by atoms with van der Waals surface area (Å²) in [5.74, 6) is 1.76. The van der Waals surface area contributed by atoms with Crippen LogP contribution in [0, 0.1) is 5.92 Å². The van der Waals surface area contributed by atoms with E-state index in [0.717, 1.165) is 31.6 Å². The van der Waals surface area contributed by atoms with Crippen LogP contribution in [0.25, 0.3) is 0 Å². The Bertz CT molecular complexity index is 321. The highest BCUT2D eigenvalue weighted by Crippen LogP contribution is 2.18. The molecule has 5 heteroatoms. The zero-order valence-electron chi connectivity index (χ0n) is 14.4. The minimum absolute atomic E-state index is 0.621. The van der Waals surface area contributed by atoms with Crippen LogP contribution in [0.1, 0.15) is 44.9 Å². The molecular weight excluding hydrogens is 276 g/mol. The molecule has 0 bridgehead atoms. The van der Waals surface area contributed by atoms with Gasteiger partial charge in [0.1, 0.15) is 0 Å². The van der Waals surface area contributed by atoms with Crippen molar-refractivity contribution in [3.05, 3.63) is 0 Å². The minimum Gasteiger partial charge on any atom is -0.383 e. The predicted octanol–water partition coefficient (Wildman–Crippen LogP) is 1.84. The lowest BCUT2D eigenvalue weighted by molar-refractivity contribution is 0.121. The summed E-state index contributed by atoms with van der Waals surface area (Å²) < 4.78 is 5.16. The lowest BCUT2D eigenvalue weighted by atomic mass is 9.95. The first-order valence-electron chi connectivity index (χ1n) is 9.00. The van der Waals surface area contributed by atoms with Gasteiger partial charge in [-0.25, -0.2) is 0 Å². The van der Waals surface area contributed by atoms with E-state index in [0.29, 0.717) is 6.04 Å². The number of aliphatic imine (C=N–C) groups is 1. The van der Waals surface area contributed by atoms with Gasteiger partial charge >= 0.3 is 0 Å². The summed E-state index contributed by atoms with van der Waals surface area (Å²) in [6, 6.07) is 0.621. The second kappa shape index (κ2) is 10.1. The van der Waals surface area contributed by atoms with E-state index >= 15 is 0 Å². The topological polar surface area (TPSA) is 48.9 Å². The van der Waals surface area contributed by atoms with E-state index in [-0.39, 0.29) is 0 Å². The van der Waals surface area contributed by atoms with Crippen molar-refractivity contribution >= 4 is 5.96 Å². The molecule has 0 radical (unpaired) electrons. The molecule has 128 valence electrons. The molecule has 0 aromatic heterocycles. The summed E-state index contributed by atoms with van der Waals surface area (Å²) in [4.78, 5) is 6.90. The summed E-state index contributed by atoms with van der Waals surface area (Å²) >= 11 is 0. The van der Waals surface area contributed by atoms with Crippen molar-refractivity contribution < 1.29 is 4.74 Å². The van der Waals surface area contributed by atoms with E-state index < -0.39 is 0 Å². The molecule has 2 aliphatic rings. The quantitative estimate of drug-likeness (QED) is 0.580. The number of hydrogen-bond donors (Lipinski definition) is 2. The molecule has 0 spiro atoms. The van der Waals surface area contributed by atoms with Gasteiger partial charge in [0.25, 0.3) is 0 Å². The summed E-state index contributed by atoms with van der Waals surface area (Å²) in [7, 11) is 3.66. The van der Waals surface area contributed by atoms with E-state index in [9.17, 15) is 0 Å². The molecule has 22 heavy (non-hydrogen) atoms. The third-order valence-corrected chi connectivity index (χ3v) is 5.05. The summed E-state index contributed by atoms with van der Waals surface area (Å²) in [6.07, 6.45) is 9.24. The second-order valence-corrected chi connectivity index (χ2v) is 6.71. The molecule has 0 aromatic rings. The van der Waals surface area contributed by atoms with Crippen molar-refractivity contribution in [1.29, 1.82) is 0 Å². The number of ether oxygens (including phenoxy) is 1. The molecule has 1 aliphatic carbocycles. The lowest BCUT2D eigenvalue weighted by Crippen LogP contribution is -2.46. The Morgan fingerprint density at radius 2 is 1.86 bits per heavy atom. The number of nitrogens with zero attached hydrogens (tertiary/aromatic N) is 2. The molecule has 0 aromatic carbocycles. The number of rotatable bonds is 6. The molecule has 1 aliphatic heterocycles. The van der Waals surface area contributed by atoms with Crippen LogP contribution in [0.3, 0.4) is 0 Å². The van der Waals surface area contributed by atoms with Gasteiger partial charge in [0.05, 0.1) is 6.61 Å². The second-order valence-electron chi connectivity index (χ2n) is 6.71. The standard InChI is InChI=1S/C17H34N4O/c1-18-17(20-16-6-4-3-5-7-16)19-14-15-8-10-21(11-9-15)12-13-22-2/h15-16H,3-14H2,1-2H3,(H2,18,19,20). The normalized spacial score (nSPS) is 22.7. The Labute approximate surface area is 135 Å². The molecule has 1 saturated carbocycles. The van der Waals surface area contributed by atoms with Crippen molar-refractivity contribution in [2.75, 3.05) is 46.9 Å². The molecule has 2 rings (SSSR count).